The van der Waals surface area contributed by atoms with Gasteiger partial charge >= 0.3 is 39.5 Å². The van der Waals surface area contributed by atoms with Gasteiger partial charge in [0.15, 0.2) is 12.2 Å². The van der Waals surface area contributed by atoms with Crippen molar-refractivity contribution in [3.63, 3.8) is 0 Å². The Labute approximate surface area is 613 Å². The van der Waals surface area contributed by atoms with Gasteiger partial charge in [0.25, 0.3) is 0 Å². The molecule has 0 fully saturated rings. The molecule has 2 unspecified atom stereocenters. The van der Waals surface area contributed by atoms with Crippen molar-refractivity contribution in [3.8, 4) is 0 Å². The summed E-state index contributed by atoms with van der Waals surface area (Å²) >= 11 is 0. The fourth-order valence-electron chi connectivity index (χ4n) is 12.6. The number of phosphoric ester groups is 2. The van der Waals surface area contributed by atoms with Crippen LogP contribution in [0.15, 0.2) is 0 Å². The normalized spacial score (nSPS) is 13.8. The van der Waals surface area contributed by atoms with Gasteiger partial charge in [-0.2, -0.15) is 0 Å². The molecule has 0 aromatic rings. The number of aliphatic hydroxyl groups excluding tert-OH is 1. The molecule has 17 nitrogen and oxygen atoms in total. The number of carbonyl (C=O) groups excluding carboxylic acids is 4. The lowest BCUT2D eigenvalue weighted by Gasteiger charge is -2.21. The summed E-state index contributed by atoms with van der Waals surface area (Å²) in [5, 5.41) is 10.6. The average Bonchev–Trinajstić information content (AvgIpc) is 0.945. The highest BCUT2D eigenvalue weighted by molar-refractivity contribution is 7.47. The SMILES string of the molecule is CCCCCCCCCCCCCCCCCCCCCC(=O)O[C@H](COC(=O)CCCCCCCCCCCCCCC(C)C)COP(=O)(O)OC[C@@H](O)COP(=O)(O)OC[C@@H](COC(=O)CCCCCCCCCCCCC)OC(=O)CCCCCCCCCCCCCCCCC. The Morgan fingerprint density at radius 2 is 0.460 bits per heavy atom. The number of carbonyl (C=O) groups is 4. The van der Waals surface area contributed by atoms with Crippen molar-refractivity contribution in [2.24, 2.45) is 5.92 Å². The van der Waals surface area contributed by atoms with E-state index < -0.39 is 97.5 Å². The summed E-state index contributed by atoms with van der Waals surface area (Å²) < 4.78 is 68.7. The van der Waals surface area contributed by atoms with E-state index in [1.165, 1.54) is 257 Å². The Bertz CT molecular complexity index is 1910. The summed E-state index contributed by atoms with van der Waals surface area (Å²) in [4.78, 5) is 73.0. The highest BCUT2D eigenvalue weighted by atomic mass is 31.2. The molecule has 0 aliphatic carbocycles. The van der Waals surface area contributed by atoms with Gasteiger partial charge in [0, 0.05) is 25.7 Å². The fourth-order valence-corrected chi connectivity index (χ4v) is 14.2. The van der Waals surface area contributed by atoms with Gasteiger partial charge < -0.3 is 33.8 Å². The predicted molar refractivity (Wildman–Crippen MR) is 409 cm³/mol. The second-order valence-electron chi connectivity index (χ2n) is 29.6. The van der Waals surface area contributed by atoms with Crippen molar-refractivity contribution in [2.45, 2.75) is 451 Å². The number of aliphatic hydroxyl groups is 1. The summed E-state index contributed by atoms with van der Waals surface area (Å²) in [5.41, 5.74) is 0. The molecular formula is C81H158O17P2. The molecule has 0 aliphatic heterocycles. The number of esters is 4. The molecule has 0 amide bonds. The maximum Gasteiger partial charge on any atom is 0.472 e. The molecular weight excluding hydrogens is 1310 g/mol. The lowest BCUT2D eigenvalue weighted by molar-refractivity contribution is -0.161. The first-order valence-electron chi connectivity index (χ1n) is 42.1. The van der Waals surface area contributed by atoms with E-state index in [1.54, 1.807) is 0 Å². The Morgan fingerprint density at radius 3 is 0.680 bits per heavy atom. The largest absolute Gasteiger partial charge is 0.472 e. The molecule has 19 heteroatoms. The molecule has 594 valence electrons. The van der Waals surface area contributed by atoms with E-state index >= 15 is 0 Å². The molecule has 100 heavy (non-hydrogen) atoms. The van der Waals surface area contributed by atoms with Gasteiger partial charge in [-0.1, -0.05) is 381 Å². The first-order chi connectivity index (χ1) is 48.5. The molecule has 0 aromatic heterocycles. The minimum atomic E-state index is -4.96. The van der Waals surface area contributed by atoms with E-state index in [-0.39, 0.29) is 25.7 Å². The maximum absolute atomic E-state index is 13.1. The molecule has 3 N–H and O–H groups in total. The van der Waals surface area contributed by atoms with Crippen LogP contribution in [0, 0.1) is 5.92 Å². The number of phosphoric acid groups is 2. The van der Waals surface area contributed by atoms with Crippen LogP contribution in [-0.4, -0.2) is 96.7 Å². The maximum atomic E-state index is 13.1. The quantitative estimate of drug-likeness (QED) is 0.0222. The van der Waals surface area contributed by atoms with Crippen LogP contribution in [0.25, 0.3) is 0 Å². The van der Waals surface area contributed by atoms with Crippen molar-refractivity contribution >= 4 is 39.5 Å². The van der Waals surface area contributed by atoms with E-state index in [2.05, 4.69) is 34.6 Å². The monoisotopic (exact) mass is 1470 g/mol. The van der Waals surface area contributed by atoms with Gasteiger partial charge in [-0.25, -0.2) is 9.13 Å². The van der Waals surface area contributed by atoms with Crippen molar-refractivity contribution in [1.29, 1.82) is 0 Å². The summed E-state index contributed by atoms with van der Waals surface area (Å²) in [7, 11) is -9.92. The van der Waals surface area contributed by atoms with Crippen LogP contribution in [0.3, 0.4) is 0 Å². The van der Waals surface area contributed by atoms with E-state index in [1.807, 2.05) is 0 Å². The first kappa shape index (κ1) is 98.1. The molecule has 0 bridgehead atoms. The van der Waals surface area contributed by atoms with Crippen LogP contribution >= 0.6 is 15.6 Å². The van der Waals surface area contributed by atoms with Gasteiger partial charge in [0.2, 0.25) is 0 Å². The van der Waals surface area contributed by atoms with Crippen LogP contribution in [0.4, 0.5) is 0 Å². The molecule has 0 spiro atoms. The number of hydrogen-bond acceptors (Lipinski definition) is 15. The van der Waals surface area contributed by atoms with Crippen LogP contribution in [0.2, 0.25) is 0 Å². The van der Waals surface area contributed by atoms with E-state index in [0.717, 1.165) is 95.8 Å². The summed E-state index contributed by atoms with van der Waals surface area (Å²) in [6.07, 6.45) is 65.1. The number of ether oxygens (including phenoxy) is 4. The third kappa shape index (κ3) is 74.3. The standard InChI is InChI=1S/C81H158O17P2/c1-6-9-12-15-18-21-24-26-28-29-30-31-33-35-42-47-52-57-62-67-81(86)98-77(71-92-79(84)65-60-55-50-45-40-37-36-39-43-48-53-58-63-74(4)5)73-96-100(89,90)94-69-75(82)68-93-99(87,88)95-72-76(70-91-78(83)64-59-54-49-44-38-23-20-17-14-11-8-3)97-80(85)66-61-56-51-46-41-34-32-27-25-22-19-16-13-10-7-2/h74-77,82H,6-73H2,1-5H3,(H,87,88)(H,89,90)/t75-,76+,77+/m0/s1. The highest BCUT2D eigenvalue weighted by Crippen LogP contribution is 2.45. The summed E-state index contributed by atoms with van der Waals surface area (Å²) in [5.74, 6) is -1.32. The zero-order valence-corrected chi connectivity index (χ0v) is 67.1. The minimum Gasteiger partial charge on any atom is -0.462 e. The Balaban J connectivity index is 5.24. The zero-order chi connectivity index (χ0) is 73.4. The number of hydrogen-bond donors (Lipinski definition) is 3. The predicted octanol–water partition coefficient (Wildman–Crippen LogP) is 24.4. The van der Waals surface area contributed by atoms with E-state index in [0.29, 0.717) is 25.7 Å². The van der Waals surface area contributed by atoms with Gasteiger partial charge in [-0.3, -0.25) is 37.3 Å². The minimum absolute atomic E-state index is 0.109. The molecule has 0 saturated heterocycles. The van der Waals surface area contributed by atoms with Gasteiger partial charge in [-0.15, -0.1) is 0 Å². The Kier molecular flexibility index (Phi) is 72.5. The first-order valence-corrected chi connectivity index (χ1v) is 45.1. The lowest BCUT2D eigenvalue weighted by atomic mass is 10.0. The van der Waals surface area contributed by atoms with Crippen molar-refractivity contribution in [3.05, 3.63) is 0 Å². The molecule has 0 radical (unpaired) electrons. The number of rotatable bonds is 81. The van der Waals surface area contributed by atoms with E-state index in [9.17, 15) is 43.2 Å². The molecule has 0 saturated carbocycles. The van der Waals surface area contributed by atoms with Crippen molar-refractivity contribution in [1.82, 2.24) is 0 Å². The second-order valence-corrected chi connectivity index (χ2v) is 32.5. The van der Waals surface area contributed by atoms with Crippen molar-refractivity contribution < 1.29 is 80.2 Å². The molecule has 0 aliphatic rings. The van der Waals surface area contributed by atoms with Crippen LogP contribution in [-0.2, 0) is 65.4 Å². The molecule has 0 heterocycles. The molecule has 0 rings (SSSR count). The van der Waals surface area contributed by atoms with Crippen molar-refractivity contribution in [2.75, 3.05) is 39.6 Å². The number of unbranched alkanes of at least 4 members (excludes halogenated alkanes) is 53. The van der Waals surface area contributed by atoms with Crippen LogP contribution in [0.5, 0.6) is 0 Å². The second kappa shape index (κ2) is 73.9. The van der Waals surface area contributed by atoms with Gasteiger partial charge in [0.1, 0.15) is 19.3 Å². The summed E-state index contributed by atoms with van der Waals surface area (Å²) in [6, 6.07) is 0. The van der Waals surface area contributed by atoms with Crippen LogP contribution in [0.1, 0.15) is 433 Å². The molecule has 0 aromatic carbocycles. The van der Waals surface area contributed by atoms with Gasteiger partial charge in [-0.05, 0) is 31.6 Å². The third-order valence-electron chi connectivity index (χ3n) is 19.0. The Hall–Kier alpha value is -1.94. The van der Waals surface area contributed by atoms with Gasteiger partial charge in [0.05, 0.1) is 26.4 Å². The topological polar surface area (TPSA) is 237 Å². The Morgan fingerprint density at radius 1 is 0.270 bits per heavy atom. The summed E-state index contributed by atoms with van der Waals surface area (Å²) in [6.45, 7) is 7.35. The fraction of sp³-hybridized carbons (Fsp3) is 0.951. The van der Waals surface area contributed by atoms with Crippen LogP contribution < -0.4 is 0 Å². The third-order valence-corrected chi connectivity index (χ3v) is 20.9. The lowest BCUT2D eigenvalue weighted by Crippen LogP contribution is -2.30. The highest BCUT2D eigenvalue weighted by Gasteiger charge is 2.30. The smallest absolute Gasteiger partial charge is 0.462 e. The molecule has 5 atom stereocenters. The average molecular weight is 1470 g/mol. The van der Waals surface area contributed by atoms with E-state index in [4.69, 9.17) is 37.0 Å². The zero-order valence-electron chi connectivity index (χ0n) is 65.3.